The first-order valence-electron chi connectivity index (χ1n) is 6.85. The molecule has 21 heavy (non-hydrogen) atoms. The lowest BCUT2D eigenvalue weighted by atomic mass is 10.1. The molecular weight excluding hydrogens is 268 g/mol. The predicted octanol–water partition coefficient (Wildman–Crippen LogP) is 3.94. The van der Waals surface area contributed by atoms with Crippen LogP contribution in [0, 0.1) is 0 Å². The lowest BCUT2D eigenvalue weighted by molar-refractivity contribution is 0.173. The highest BCUT2D eigenvalue weighted by Crippen LogP contribution is 2.31. The normalized spacial score (nSPS) is 11.8. The van der Waals surface area contributed by atoms with Crippen LogP contribution in [0.25, 0.3) is 0 Å². The highest BCUT2D eigenvalue weighted by molar-refractivity contribution is 5.44. The summed E-state index contributed by atoms with van der Waals surface area (Å²) in [7, 11) is 3.19. The maximum Gasteiger partial charge on any atom is 0.134 e. The Bertz CT molecular complexity index is 556. The Balaban J connectivity index is 2.17. The summed E-state index contributed by atoms with van der Waals surface area (Å²) < 4.78 is 16.2. The molecule has 0 saturated carbocycles. The lowest BCUT2D eigenvalue weighted by Gasteiger charge is -2.11. The van der Waals surface area contributed by atoms with E-state index in [2.05, 4.69) is 0 Å². The monoisotopic (exact) mass is 288 g/mol. The van der Waals surface area contributed by atoms with Crippen molar-refractivity contribution in [3.8, 4) is 23.0 Å². The van der Waals surface area contributed by atoms with E-state index in [4.69, 9.17) is 14.2 Å². The van der Waals surface area contributed by atoms with Crippen molar-refractivity contribution in [1.82, 2.24) is 0 Å². The van der Waals surface area contributed by atoms with Crippen molar-refractivity contribution in [2.45, 2.75) is 19.4 Å². The average Bonchev–Trinajstić information content (AvgIpc) is 2.54. The van der Waals surface area contributed by atoms with E-state index in [1.54, 1.807) is 32.4 Å². The van der Waals surface area contributed by atoms with Gasteiger partial charge in [-0.1, -0.05) is 19.1 Å². The number of aliphatic hydroxyl groups is 1. The van der Waals surface area contributed by atoms with E-state index < -0.39 is 6.10 Å². The predicted molar refractivity (Wildman–Crippen MR) is 81.3 cm³/mol. The Morgan fingerprint density at radius 3 is 1.86 bits per heavy atom. The zero-order chi connectivity index (χ0) is 15.2. The lowest BCUT2D eigenvalue weighted by Crippen LogP contribution is -1.95. The molecule has 4 heteroatoms. The van der Waals surface area contributed by atoms with Gasteiger partial charge in [0, 0.05) is 18.2 Å². The van der Waals surface area contributed by atoms with Gasteiger partial charge >= 0.3 is 0 Å². The van der Waals surface area contributed by atoms with Gasteiger partial charge in [-0.05, 0) is 24.1 Å². The number of aliphatic hydroxyl groups excluding tert-OH is 1. The van der Waals surface area contributed by atoms with E-state index in [-0.39, 0.29) is 0 Å². The van der Waals surface area contributed by atoms with Crippen molar-refractivity contribution in [1.29, 1.82) is 0 Å². The SMILES string of the molecule is CCC(O)c1ccc(Oc2cc(OC)cc(OC)c2)cc1. The molecule has 1 N–H and O–H groups in total. The topological polar surface area (TPSA) is 47.9 Å². The van der Waals surface area contributed by atoms with Crippen LogP contribution >= 0.6 is 0 Å². The Kier molecular flexibility index (Phi) is 5.06. The van der Waals surface area contributed by atoms with Gasteiger partial charge in [-0.15, -0.1) is 0 Å². The maximum atomic E-state index is 9.77. The van der Waals surface area contributed by atoms with Gasteiger partial charge in [-0.25, -0.2) is 0 Å². The van der Waals surface area contributed by atoms with Crippen LogP contribution in [-0.4, -0.2) is 19.3 Å². The Labute approximate surface area is 124 Å². The molecule has 0 spiro atoms. The van der Waals surface area contributed by atoms with Gasteiger partial charge in [0.05, 0.1) is 20.3 Å². The van der Waals surface area contributed by atoms with E-state index in [0.717, 1.165) is 5.56 Å². The number of benzene rings is 2. The average molecular weight is 288 g/mol. The smallest absolute Gasteiger partial charge is 0.134 e. The van der Waals surface area contributed by atoms with Gasteiger partial charge in [0.15, 0.2) is 0 Å². The summed E-state index contributed by atoms with van der Waals surface area (Å²) in [5.74, 6) is 2.66. The molecule has 0 saturated heterocycles. The fourth-order valence-electron chi connectivity index (χ4n) is 1.97. The molecule has 0 aliphatic heterocycles. The molecule has 2 aromatic rings. The van der Waals surface area contributed by atoms with Crippen LogP contribution in [-0.2, 0) is 0 Å². The molecule has 0 radical (unpaired) electrons. The molecule has 1 unspecified atom stereocenters. The Morgan fingerprint density at radius 2 is 1.38 bits per heavy atom. The molecule has 0 fully saturated rings. The molecule has 0 bridgehead atoms. The third-order valence-electron chi connectivity index (χ3n) is 3.21. The molecule has 0 aromatic heterocycles. The van der Waals surface area contributed by atoms with Crippen LogP contribution in [0.1, 0.15) is 25.0 Å². The highest BCUT2D eigenvalue weighted by Gasteiger charge is 2.07. The quantitative estimate of drug-likeness (QED) is 0.874. The summed E-state index contributed by atoms with van der Waals surface area (Å²) in [5.41, 5.74) is 0.882. The molecule has 112 valence electrons. The van der Waals surface area contributed by atoms with E-state index >= 15 is 0 Å². The Morgan fingerprint density at radius 1 is 0.857 bits per heavy atom. The molecule has 0 aliphatic carbocycles. The summed E-state index contributed by atoms with van der Waals surface area (Å²) in [6, 6.07) is 12.8. The minimum absolute atomic E-state index is 0.434. The summed E-state index contributed by atoms with van der Waals surface area (Å²) in [5, 5.41) is 9.77. The van der Waals surface area contributed by atoms with Gasteiger partial charge < -0.3 is 19.3 Å². The molecule has 4 nitrogen and oxygen atoms in total. The van der Waals surface area contributed by atoms with Crippen LogP contribution < -0.4 is 14.2 Å². The molecule has 2 rings (SSSR count). The first-order valence-corrected chi connectivity index (χ1v) is 6.85. The number of methoxy groups -OCH3 is 2. The summed E-state index contributed by atoms with van der Waals surface area (Å²) >= 11 is 0. The van der Waals surface area contributed by atoms with Crippen LogP contribution in [0.2, 0.25) is 0 Å². The van der Waals surface area contributed by atoms with Crippen molar-refractivity contribution >= 4 is 0 Å². The van der Waals surface area contributed by atoms with Gasteiger partial charge in [-0.2, -0.15) is 0 Å². The van der Waals surface area contributed by atoms with Crippen molar-refractivity contribution in [2.75, 3.05) is 14.2 Å². The fraction of sp³-hybridized carbons (Fsp3) is 0.294. The molecule has 0 aliphatic rings. The zero-order valence-corrected chi connectivity index (χ0v) is 12.5. The first kappa shape index (κ1) is 15.2. The highest BCUT2D eigenvalue weighted by atomic mass is 16.5. The minimum Gasteiger partial charge on any atom is -0.496 e. The number of rotatable bonds is 6. The van der Waals surface area contributed by atoms with Crippen LogP contribution in [0.4, 0.5) is 0 Å². The van der Waals surface area contributed by atoms with Crippen molar-refractivity contribution < 1.29 is 19.3 Å². The van der Waals surface area contributed by atoms with Gasteiger partial charge in [0.2, 0.25) is 0 Å². The van der Waals surface area contributed by atoms with Crippen LogP contribution in [0.15, 0.2) is 42.5 Å². The van der Waals surface area contributed by atoms with Crippen molar-refractivity contribution in [3.63, 3.8) is 0 Å². The zero-order valence-electron chi connectivity index (χ0n) is 12.5. The second-order valence-electron chi connectivity index (χ2n) is 4.64. The van der Waals surface area contributed by atoms with Gasteiger partial charge in [0.25, 0.3) is 0 Å². The summed E-state index contributed by atoms with van der Waals surface area (Å²) in [6.45, 7) is 1.94. The minimum atomic E-state index is -0.434. The molecule has 0 amide bonds. The number of ether oxygens (including phenoxy) is 3. The molecule has 1 atom stereocenters. The van der Waals surface area contributed by atoms with Crippen molar-refractivity contribution in [2.24, 2.45) is 0 Å². The molecular formula is C17H20O4. The molecule has 0 heterocycles. The largest absolute Gasteiger partial charge is 0.496 e. The first-order chi connectivity index (χ1) is 10.2. The van der Waals surface area contributed by atoms with E-state index in [0.29, 0.717) is 29.4 Å². The second kappa shape index (κ2) is 6.99. The summed E-state index contributed by atoms with van der Waals surface area (Å²) in [4.78, 5) is 0. The van der Waals surface area contributed by atoms with E-state index in [9.17, 15) is 5.11 Å². The fourth-order valence-corrected chi connectivity index (χ4v) is 1.97. The molecule has 2 aromatic carbocycles. The standard InChI is InChI=1S/C17H20O4/c1-4-17(18)12-5-7-13(8-6-12)21-16-10-14(19-2)9-15(11-16)20-3/h5-11,17-18H,4H2,1-3H3. The summed E-state index contributed by atoms with van der Waals surface area (Å²) in [6.07, 6.45) is 0.253. The number of hydrogen-bond donors (Lipinski definition) is 1. The second-order valence-corrected chi connectivity index (χ2v) is 4.64. The Hall–Kier alpha value is -2.20. The number of hydrogen-bond acceptors (Lipinski definition) is 4. The third-order valence-corrected chi connectivity index (χ3v) is 3.21. The van der Waals surface area contributed by atoms with E-state index in [1.165, 1.54) is 0 Å². The third kappa shape index (κ3) is 3.89. The van der Waals surface area contributed by atoms with Crippen LogP contribution in [0.3, 0.4) is 0 Å². The maximum absolute atomic E-state index is 9.77. The van der Waals surface area contributed by atoms with Crippen molar-refractivity contribution in [3.05, 3.63) is 48.0 Å². The van der Waals surface area contributed by atoms with E-state index in [1.807, 2.05) is 31.2 Å². The van der Waals surface area contributed by atoms with Gasteiger partial charge in [-0.3, -0.25) is 0 Å². The van der Waals surface area contributed by atoms with Crippen LogP contribution in [0.5, 0.6) is 23.0 Å². The van der Waals surface area contributed by atoms with Gasteiger partial charge in [0.1, 0.15) is 23.0 Å².